The van der Waals surface area contributed by atoms with Crippen molar-refractivity contribution < 1.29 is 19.1 Å². The second-order valence-corrected chi connectivity index (χ2v) is 6.36. The zero-order valence-electron chi connectivity index (χ0n) is 13.3. The molecule has 0 spiro atoms. The lowest BCUT2D eigenvalue weighted by atomic mass is 9.74. The maximum Gasteiger partial charge on any atom is 0.253 e. The molecule has 6 heteroatoms. The molecule has 2 amide bonds. The first-order valence-electron chi connectivity index (χ1n) is 7.81. The van der Waals surface area contributed by atoms with E-state index in [4.69, 9.17) is 15.2 Å². The number of likely N-dealkylation sites (tertiary alicyclic amines) is 1. The number of ether oxygens (including phenoxy) is 2. The van der Waals surface area contributed by atoms with Crippen LogP contribution in [0.4, 0.5) is 0 Å². The number of hydrogen-bond acceptors (Lipinski definition) is 4. The summed E-state index contributed by atoms with van der Waals surface area (Å²) in [6.07, 6.45) is 0.584. The van der Waals surface area contributed by atoms with Gasteiger partial charge in [0.15, 0.2) is 0 Å². The molecule has 2 aliphatic rings. The second kappa shape index (κ2) is 6.29. The van der Waals surface area contributed by atoms with Gasteiger partial charge in [-0.05, 0) is 24.1 Å². The minimum atomic E-state index is -0.641. The number of benzene rings is 1. The van der Waals surface area contributed by atoms with E-state index in [0.29, 0.717) is 44.9 Å². The number of carbonyl (C=O) groups excluding carboxylic acids is 2. The minimum Gasteiger partial charge on any atom is -0.381 e. The summed E-state index contributed by atoms with van der Waals surface area (Å²) in [6, 6.07) is 7.39. The Morgan fingerprint density at radius 3 is 3.00 bits per heavy atom. The topological polar surface area (TPSA) is 81.9 Å². The molecule has 0 unspecified atom stereocenters. The van der Waals surface area contributed by atoms with Gasteiger partial charge in [0, 0.05) is 38.3 Å². The van der Waals surface area contributed by atoms with E-state index < -0.39 is 5.41 Å². The smallest absolute Gasteiger partial charge is 0.253 e. The van der Waals surface area contributed by atoms with E-state index in [1.54, 1.807) is 18.1 Å². The van der Waals surface area contributed by atoms with Crippen molar-refractivity contribution in [2.24, 2.45) is 17.1 Å². The standard InChI is InChI=1S/C17H22N2O4/c1-22-9-12-3-2-4-13(7-12)15(20)19-8-14-10-23-6-5-17(14,11-19)16(18)21/h2-4,7,14H,5-6,8-11H2,1H3,(H2,18,21)/t14-,17+/m1/s1. The molecule has 3 rings (SSSR count). The Kier molecular flexibility index (Phi) is 4.37. The minimum absolute atomic E-state index is 0.0140. The summed E-state index contributed by atoms with van der Waals surface area (Å²) < 4.78 is 10.6. The van der Waals surface area contributed by atoms with Gasteiger partial charge < -0.3 is 20.1 Å². The maximum atomic E-state index is 12.8. The van der Waals surface area contributed by atoms with Gasteiger partial charge in [0.2, 0.25) is 5.91 Å². The van der Waals surface area contributed by atoms with Gasteiger partial charge in [-0.3, -0.25) is 9.59 Å². The normalized spacial score (nSPS) is 26.8. The summed E-state index contributed by atoms with van der Waals surface area (Å²) in [7, 11) is 1.62. The molecule has 0 saturated carbocycles. The quantitative estimate of drug-likeness (QED) is 0.890. The molecule has 2 atom stereocenters. The third-order valence-corrected chi connectivity index (χ3v) is 4.97. The van der Waals surface area contributed by atoms with Crippen LogP contribution < -0.4 is 5.73 Å². The van der Waals surface area contributed by atoms with Gasteiger partial charge in [0.1, 0.15) is 0 Å². The van der Waals surface area contributed by atoms with Crippen LogP contribution in [0.1, 0.15) is 22.3 Å². The lowest BCUT2D eigenvalue weighted by Crippen LogP contribution is -2.48. The molecule has 2 fully saturated rings. The van der Waals surface area contributed by atoms with Crippen molar-refractivity contribution in [3.05, 3.63) is 35.4 Å². The number of nitrogens with zero attached hydrogens (tertiary/aromatic N) is 1. The van der Waals surface area contributed by atoms with E-state index in [1.807, 2.05) is 18.2 Å². The molecule has 0 bridgehead atoms. The van der Waals surface area contributed by atoms with E-state index in [9.17, 15) is 9.59 Å². The average Bonchev–Trinajstić information content (AvgIpc) is 2.96. The highest BCUT2D eigenvalue weighted by Crippen LogP contribution is 2.42. The van der Waals surface area contributed by atoms with Crippen LogP contribution in [-0.4, -0.2) is 50.1 Å². The Hall–Kier alpha value is -1.92. The lowest BCUT2D eigenvalue weighted by molar-refractivity contribution is -0.135. The van der Waals surface area contributed by atoms with Gasteiger partial charge in [0.25, 0.3) is 5.91 Å². The Labute approximate surface area is 135 Å². The van der Waals surface area contributed by atoms with E-state index in [0.717, 1.165) is 5.56 Å². The Balaban J connectivity index is 1.81. The Bertz CT molecular complexity index is 618. The summed E-state index contributed by atoms with van der Waals surface area (Å²) in [5, 5.41) is 0. The first-order valence-corrected chi connectivity index (χ1v) is 7.81. The van der Waals surface area contributed by atoms with Crippen LogP contribution in [0, 0.1) is 11.3 Å². The fourth-order valence-corrected chi connectivity index (χ4v) is 3.65. The van der Waals surface area contributed by atoms with Gasteiger partial charge in [-0.2, -0.15) is 0 Å². The van der Waals surface area contributed by atoms with Crippen molar-refractivity contribution >= 4 is 11.8 Å². The molecule has 2 aliphatic heterocycles. The number of amides is 2. The summed E-state index contributed by atoms with van der Waals surface area (Å²) in [4.78, 5) is 26.5. The van der Waals surface area contributed by atoms with Crippen LogP contribution in [0.2, 0.25) is 0 Å². The van der Waals surface area contributed by atoms with Gasteiger partial charge >= 0.3 is 0 Å². The number of methoxy groups -OCH3 is 1. The Morgan fingerprint density at radius 1 is 1.48 bits per heavy atom. The second-order valence-electron chi connectivity index (χ2n) is 6.36. The molecule has 1 aromatic rings. The SMILES string of the molecule is COCc1cccc(C(=O)N2C[C@@H]3COCC[C@]3(C(N)=O)C2)c1. The largest absolute Gasteiger partial charge is 0.381 e. The van der Waals surface area contributed by atoms with Crippen LogP contribution in [0.15, 0.2) is 24.3 Å². The summed E-state index contributed by atoms with van der Waals surface area (Å²) in [5.41, 5.74) is 6.58. The van der Waals surface area contributed by atoms with E-state index >= 15 is 0 Å². The first-order chi connectivity index (χ1) is 11.1. The predicted octanol–water partition coefficient (Wildman–Crippen LogP) is 0.797. The van der Waals surface area contributed by atoms with Crippen LogP contribution >= 0.6 is 0 Å². The summed E-state index contributed by atoms with van der Waals surface area (Å²) in [5.74, 6) is -0.410. The highest BCUT2D eigenvalue weighted by Gasteiger charge is 2.53. The van der Waals surface area contributed by atoms with Crippen molar-refractivity contribution in [3.63, 3.8) is 0 Å². The molecule has 0 aromatic heterocycles. The monoisotopic (exact) mass is 318 g/mol. The number of hydrogen-bond donors (Lipinski definition) is 1. The zero-order valence-corrected chi connectivity index (χ0v) is 13.3. The molecule has 2 N–H and O–H groups in total. The fourth-order valence-electron chi connectivity index (χ4n) is 3.65. The van der Waals surface area contributed by atoms with Gasteiger partial charge in [-0.15, -0.1) is 0 Å². The molecule has 0 aliphatic carbocycles. The van der Waals surface area contributed by atoms with E-state index in [1.165, 1.54) is 0 Å². The number of fused-ring (bicyclic) bond motifs is 1. The molecule has 1 aromatic carbocycles. The van der Waals surface area contributed by atoms with E-state index in [2.05, 4.69) is 0 Å². The number of carbonyl (C=O) groups is 2. The van der Waals surface area contributed by atoms with Crippen molar-refractivity contribution in [3.8, 4) is 0 Å². The molecule has 2 heterocycles. The van der Waals surface area contributed by atoms with Crippen LogP contribution in [0.5, 0.6) is 0 Å². The molecular formula is C17H22N2O4. The van der Waals surface area contributed by atoms with Crippen molar-refractivity contribution in [1.82, 2.24) is 4.90 Å². The number of nitrogens with two attached hydrogens (primary N) is 1. The zero-order chi connectivity index (χ0) is 16.4. The summed E-state index contributed by atoms with van der Waals surface area (Å²) in [6.45, 7) is 2.35. The number of primary amides is 1. The fraction of sp³-hybridized carbons (Fsp3) is 0.529. The van der Waals surface area contributed by atoms with Crippen molar-refractivity contribution in [1.29, 1.82) is 0 Å². The lowest BCUT2D eigenvalue weighted by Gasteiger charge is -2.34. The first kappa shape index (κ1) is 16.0. The highest BCUT2D eigenvalue weighted by atomic mass is 16.5. The van der Waals surface area contributed by atoms with Gasteiger partial charge in [-0.25, -0.2) is 0 Å². The molecular weight excluding hydrogens is 296 g/mol. The third-order valence-electron chi connectivity index (χ3n) is 4.97. The highest BCUT2D eigenvalue weighted by molar-refractivity contribution is 5.95. The van der Waals surface area contributed by atoms with Gasteiger partial charge in [-0.1, -0.05) is 12.1 Å². The third kappa shape index (κ3) is 2.84. The molecule has 6 nitrogen and oxygen atoms in total. The van der Waals surface area contributed by atoms with Gasteiger partial charge in [0.05, 0.1) is 18.6 Å². The average molecular weight is 318 g/mol. The number of rotatable bonds is 4. The van der Waals surface area contributed by atoms with Crippen LogP contribution in [0.3, 0.4) is 0 Å². The maximum absolute atomic E-state index is 12.8. The summed E-state index contributed by atoms with van der Waals surface area (Å²) >= 11 is 0. The predicted molar refractivity (Wildman–Crippen MR) is 83.6 cm³/mol. The molecule has 2 saturated heterocycles. The molecule has 124 valence electrons. The van der Waals surface area contributed by atoms with Crippen LogP contribution in [0.25, 0.3) is 0 Å². The van der Waals surface area contributed by atoms with Crippen molar-refractivity contribution in [2.75, 3.05) is 33.4 Å². The molecule has 23 heavy (non-hydrogen) atoms. The Morgan fingerprint density at radius 2 is 2.30 bits per heavy atom. The van der Waals surface area contributed by atoms with E-state index in [-0.39, 0.29) is 17.7 Å². The van der Waals surface area contributed by atoms with Crippen LogP contribution in [-0.2, 0) is 20.9 Å². The molecule has 0 radical (unpaired) electrons. The van der Waals surface area contributed by atoms with Crippen molar-refractivity contribution in [2.45, 2.75) is 13.0 Å².